The van der Waals surface area contributed by atoms with Gasteiger partial charge in [-0.25, -0.2) is 5.43 Å². The highest BCUT2D eigenvalue weighted by Gasteiger charge is 2.08. The van der Waals surface area contributed by atoms with Gasteiger partial charge in [0.05, 0.1) is 18.6 Å². The number of thioether (sulfide) groups is 2. The molecule has 0 aliphatic heterocycles. The number of rotatable bonds is 11. The Kier molecular flexibility index (Phi) is 9.20. The summed E-state index contributed by atoms with van der Waals surface area (Å²) in [4.78, 5) is 12.0. The van der Waals surface area contributed by atoms with Crippen LogP contribution < -0.4 is 10.2 Å². The normalized spacial score (nSPS) is 11.0. The topological polar surface area (TPSA) is 76.5 Å². The Morgan fingerprint density at radius 2 is 1.83 bits per heavy atom. The average molecular weight is 459 g/mol. The summed E-state index contributed by atoms with van der Waals surface area (Å²) in [6, 6.07) is 17.8. The van der Waals surface area contributed by atoms with Crippen LogP contribution in [0.5, 0.6) is 5.75 Å². The van der Waals surface area contributed by atoms with Gasteiger partial charge in [0.2, 0.25) is 0 Å². The lowest BCUT2D eigenvalue weighted by Gasteiger charge is -2.03. The zero-order valence-corrected chi connectivity index (χ0v) is 18.9. The molecular weight excluding hydrogens is 436 g/mol. The molecule has 0 bridgehead atoms. The summed E-state index contributed by atoms with van der Waals surface area (Å²) in [5.74, 6) is 1.72. The highest BCUT2D eigenvalue weighted by molar-refractivity contribution is 8.03. The Morgan fingerprint density at radius 1 is 1.10 bits per heavy atom. The molecule has 0 unspecified atom stereocenters. The number of carbonyl (C=O) groups excluding carboxylic acids is 1. The van der Waals surface area contributed by atoms with E-state index in [1.54, 1.807) is 18.0 Å². The zero-order valence-electron chi connectivity index (χ0n) is 16.5. The summed E-state index contributed by atoms with van der Waals surface area (Å²) in [6.07, 6.45) is 2.58. The molecule has 0 radical (unpaired) electrons. The fourth-order valence-electron chi connectivity index (χ4n) is 2.24. The number of nitrogens with one attached hydrogen (secondary N) is 1. The standard InChI is InChI=1S/C21H22N4O2S3/c1-2-12-27-18-10-8-16(9-11-18)13-22-23-19(26)15-29-21-25-24-20(30-21)28-14-17-6-4-3-5-7-17/h3-11,13H,2,12,14-15H2,1H3,(H,23,26)/b22-13+. The number of carbonyl (C=O) groups is 1. The van der Waals surface area contributed by atoms with Crippen LogP contribution in [-0.4, -0.2) is 34.7 Å². The number of aromatic nitrogens is 2. The first-order valence-electron chi connectivity index (χ1n) is 9.40. The van der Waals surface area contributed by atoms with Crippen LogP contribution in [0.3, 0.4) is 0 Å². The summed E-state index contributed by atoms with van der Waals surface area (Å²) >= 11 is 4.49. The smallest absolute Gasteiger partial charge is 0.250 e. The van der Waals surface area contributed by atoms with Gasteiger partial charge in [-0.1, -0.05) is 72.1 Å². The first kappa shape index (κ1) is 22.3. The Balaban J connectivity index is 1.37. The van der Waals surface area contributed by atoms with Crippen molar-refractivity contribution in [2.45, 2.75) is 27.8 Å². The lowest BCUT2D eigenvalue weighted by atomic mass is 10.2. The van der Waals surface area contributed by atoms with Gasteiger partial charge in [-0.05, 0) is 41.8 Å². The molecule has 0 aliphatic carbocycles. The van der Waals surface area contributed by atoms with E-state index in [4.69, 9.17) is 4.74 Å². The van der Waals surface area contributed by atoms with Crippen molar-refractivity contribution in [2.75, 3.05) is 12.4 Å². The molecule has 1 aromatic heterocycles. The maximum Gasteiger partial charge on any atom is 0.250 e. The predicted octanol–water partition coefficient (Wildman–Crippen LogP) is 4.86. The highest BCUT2D eigenvalue weighted by Crippen LogP contribution is 2.30. The average Bonchev–Trinajstić information content (AvgIpc) is 3.24. The van der Waals surface area contributed by atoms with E-state index >= 15 is 0 Å². The molecule has 9 heteroatoms. The molecule has 1 N–H and O–H groups in total. The third kappa shape index (κ3) is 7.81. The van der Waals surface area contributed by atoms with Crippen LogP contribution in [-0.2, 0) is 10.5 Å². The van der Waals surface area contributed by atoms with E-state index in [1.165, 1.54) is 28.7 Å². The highest BCUT2D eigenvalue weighted by atomic mass is 32.2. The number of hydrogen-bond acceptors (Lipinski definition) is 8. The first-order chi connectivity index (χ1) is 14.7. The molecule has 3 aromatic rings. The minimum atomic E-state index is -0.187. The van der Waals surface area contributed by atoms with E-state index in [-0.39, 0.29) is 11.7 Å². The molecule has 3 rings (SSSR count). The number of nitrogens with zero attached hydrogens (tertiary/aromatic N) is 3. The summed E-state index contributed by atoms with van der Waals surface area (Å²) in [5.41, 5.74) is 4.66. The van der Waals surface area contributed by atoms with Gasteiger partial charge < -0.3 is 4.74 Å². The monoisotopic (exact) mass is 458 g/mol. The van der Waals surface area contributed by atoms with Crippen molar-refractivity contribution in [1.29, 1.82) is 0 Å². The zero-order chi connectivity index (χ0) is 21.0. The summed E-state index contributed by atoms with van der Waals surface area (Å²) in [7, 11) is 0. The van der Waals surface area contributed by atoms with E-state index in [0.29, 0.717) is 6.61 Å². The van der Waals surface area contributed by atoms with Crippen molar-refractivity contribution >= 4 is 47.0 Å². The quantitative estimate of drug-likeness (QED) is 0.251. The minimum absolute atomic E-state index is 0.187. The Morgan fingerprint density at radius 3 is 2.57 bits per heavy atom. The molecule has 0 saturated heterocycles. The van der Waals surface area contributed by atoms with Crippen molar-refractivity contribution in [1.82, 2.24) is 15.6 Å². The van der Waals surface area contributed by atoms with Gasteiger partial charge in [0.15, 0.2) is 8.68 Å². The predicted molar refractivity (Wildman–Crippen MR) is 125 cm³/mol. The van der Waals surface area contributed by atoms with E-state index in [1.807, 2.05) is 42.5 Å². The number of hydrogen-bond donors (Lipinski definition) is 1. The number of hydrazone groups is 1. The van der Waals surface area contributed by atoms with Crippen LogP contribution in [0.4, 0.5) is 0 Å². The molecule has 1 heterocycles. The molecule has 2 aromatic carbocycles. The molecule has 0 saturated carbocycles. The Labute approximate surface area is 188 Å². The Bertz CT molecular complexity index is 946. The fourth-order valence-corrected chi connectivity index (χ4v) is 5.01. The largest absolute Gasteiger partial charge is 0.494 e. The molecule has 0 atom stereocenters. The van der Waals surface area contributed by atoms with E-state index in [0.717, 1.165) is 32.2 Å². The van der Waals surface area contributed by atoms with Crippen molar-refractivity contribution in [3.63, 3.8) is 0 Å². The summed E-state index contributed by atoms with van der Waals surface area (Å²) < 4.78 is 7.20. The maximum atomic E-state index is 12.0. The van der Waals surface area contributed by atoms with Crippen LogP contribution in [0.15, 0.2) is 68.4 Å². The van der Waals surface area contributed by atoms with E-state index in [9.17, 15) is 4.79 Å². The second-order valence-electron chi connectivity index (χ2n) is 6.11. The second-order valence-corrected chi connectivity index (χ2v) is 9.53. The third-order valence-electron chi connectivity index (χ3n) is 3.68. The molecule has 156 valence electrons. The lowest BCUT2D eigenvalue weighted by molar-refractivity contribution is -0.118. The minimum Gasteiger partial charge on any atom is -0.494 e. The molecular formula is C21H22N4O2S3. The fraction of sp³-hybridized carbons (Fsp3) is 0.238. The Hall–Kier alpha value is -2.36. The number of benzene rings is 2. The van der Waals surface area contributed by atoms with Crippen molar-refractivity contribution in [3.8, 4) is 5.75 Å². The number of ether oxygens (including phenoxy) is 1. The van der Waals surface area contributed by atoms with Crippen LogP contribution in [0.1, 0.15) is 24.5 Å². The lowest BCUT2D eigenvalue weighted by Crippen LogP contribution is -2.19. The number of amides is 1. The summed E-state index contributed by atoms with van der Waals surface area (Å²) in [6.45, 7) is 2.76. The summed E-state index contributed by atoms with van der Waals surface area (Å²) in [5, 5.41) is 12.3. The van der Waals surface area contributed by atoms with Gasteiger partial charge in [-0.15, -0.1) is 10.2 Å². The van der Waals surface area contributed by atoms with Crippen molar-refractivity contribution in [3.05, 3.63) is 65.7 Å². The van der Waals surface area contributed by atoms with Crippen molar-refractivity contribution in [2.24, 2.45) is 5.10 Å². The molecule has 0 aliphatic rings. The van der Waals surface area contributed by atoms with Crippen LogP contribution in [0.2, 0.25) is 0 Å². The second kappa shape index (κ2) is 12.4. The van der Waals surface area contributed by atoms with E-state index < -0.39 is 0 Å². The molecule has 1 amide bonds. The van der Waals surface area contributed by atoms with Gasteiger partial charge in [0.25, 0.3) is 5.91 Å². The van der Waals surface area contributed by atoms with Gasteiger partial charge in [-0.3, -0.25) is 4.79 Å². The first-order valence-corrected chi connectivity index (χ1v) is 12.2. The van der Waals surface area contributed by atoms with Crippen molar-refractivity contribution < 1.29 is 9.53 Å². The van der Waals surface area contributed by atoms with Crippen LogP contribution >= 0.6 is 34.9 Å². The third-order valence-corrected chi connectivity index (χ3v) is 6.94. The van der Waals surface area contributed by atoms with Gasteiger partial charge in [0.1, 0.15) is 5.75 Å². The van der Waals surface area contributed by atoms with E-state index in [2.05, 4.69) is 39.8 Å². The molecule has 0 fully saturated rings. The van der Waals surface area contributed by atoms with Gasteiger partial charge in [-0.2, -0.15) is 5.10 Å². The molecule has 30 heavy (non-hydrogen) atoms. The van der Waals surface area contributed by atoms with Gasteiger partial charge >= 0.3 is 0 Å². The van der Waals surface area contributed by atoms with Gasteiger partial charge in [0, 0.05) is 5.75 Å². The van der Waals surface area contributed by atoms with Crippen LogP contribution in [0.25, 0.3) is 0 Å². The maximum absolute atomic E-state index is 12.0. The molecule has 0 spiro atoms. The van der Waals surface area contributed by atoms with Crippen LogP contribution in [0, 0.1) is 0 Å². The molecule has 6 nitrogen and oxygen atoms in total. The SMILES string of the molecule is CCCOc1ccc(/C=N/NC(=O)CSc2nnc(SCc3ccccc3)s2)cc1.